The number of fused-ring (bicyclic) bond motifs is 17. The van der Waals surface area contributed by atoms with Gasteiger partial charge in [-0.1, -0.05) is 212 Å². The Bertz CT molecular complexity index is 4550. The van der Waals surface area contributed by atoms with Crippen LogP contribution in [0.15, 0.2) is 279 Å². The Morgan fingerprint density at radius 3 is 1.36 bits per heavy atom. The summed E-state index contributed by atoms with van der Waals surface area (Å²) in [5.74, 6) is 0. The molecule has 2 aliphatic carbocycles. The number of nitrogens with zero attached hydrogens (tertiary/aromatic N) is 2. The molecule has 0 amide bonds. The molecule has 14 aromatic rings. The van der Waals surface area contributed by atoms with Crippen LogP contribution in [0, 0.1) is 0 Å². The minimum atomic E-state index is -0.443. The highest BCUT2D eigenvalue weighted by molar-refractivity contribution is 7.26. The smallest absolute Gasteiger partial charge is 0.0726 e. The van der Waals surface area contributed by atoms with Crippen LogP contribution in [-0.2, 0) is 5.41 Å². The van der Waals surface area contributed by atoms with Crippen LogP contribution in [0.25, 0.3) is 103 Å². The van der Waals surface area contributed by atoms with E-state index in [-0.39, 0.29) is 0 Å². The molecule has 2 aliphatic rings. The van der Waals surface area contributed by atoms with Crippen LogP contribution in [0.4, 0.5) is 17.1 Å². The summed E-state index contributed by atoms with van der Waals surface area (Å²) in [4.78, 5) is 2.38. The van der Waals surface area contributed by atoms with Gasteiger partial charge in [-0.05, 0) is 139 Å². The maximum atomic E-state index is 2.45. The summed E-state index contributed by atoms with van der Waals surface area (Å²) in [5.41, 5.74) is 24.4. The maximum absolute atomic E-state index is 2.45. The fraction of sp³-hybridized carbons (Fsp3) is 0.0137. The van der Waals surface area contributed by atoms with E-state index in [0.29, 0.717) is 0 Å². The number of anilines is 3. The molecular weight excluding hydrogens is 937 g/mol. The lowest BCUT2D eigenvalue weighted by Crippen LogP contribution is -2.25. The maximum Gasteiger partial charge on any atom is 0.0726 e. The van der Waals surface area contributed by atoms with Crippen LogP contribution in [0.1, 0.15) is 22.3 Å². The van der Waals surface area contributed by atoms with Crippen molar-refractivity contribution in [3.63, 3.8) is 0 Å². The van der Waals surface area contributed by atoms with Crippen molar-refractivity contribution in [1.82, 2.24) is 4.57 Å². The van der Waals surface area contributed by atoms with E-state index in [1.165, 1.54) is 120 Å². The summed E-state index contributed by atoms with van der Waals surface area (Å²) < 4.78 is 5.08. The van der Waals surface area contributed by atoms with Gasteiger partial charge in [0, 0.05) is 59.3 Å². The quantitative estimate of drug-likeness (QED) is 0.154. The second kappa shape index (κ2) is 16.7. The van der Waals surface area contributed by atoms with E-state index in [4.69, 9.17) is 0 Å². The Balaban J connectivity index is 0.790. The predicted molar refractivity (Wildman–Crippen MR) is 321 cm³/mol. The number of hydrogen-bond donors (Lipinski definition) is 0. The van der Waals surface area contributed by atoms with E-state index in [2.05, 4.69) is 289 Å². The summed E-state index contributed by atoms with van der Waals surface area (Å²) in [6, 6.07) is 103. The molecule has 16 rings (SSSR count). The first kappa shape index (κ1) is 42.9. The van der Waals surface area contributed by atoms with Gasteiger partial charge >= 0.3 is 0 Å². The normalized spacial score (nSPS) is 14.1. The van der Waals surface area contributed by atoms with E-state index in [1.54, 1.807) is 0 Å². The van der Waals surface area contributed by atoms with E-state index < -0.39 is 5.41 Å². The van der Waals surface area contributed by atoms with Crippen molar-refractivity contribution in [3.8, 4) is 61.3 Å². The molecule has 1 unspecified atom stereocenters. The van der Waals surface area contributed by atoms with E-state index in [1.807, 2.05) is 11.3 Å². The summed E-state index contributed by atoms with van der Waals surface area (Å²) in [5, 5.41) is 5.21. The van der Waals surface area contributed by atoms with Crippen LogP contribution in [0.3, 0.4) is 0 Å². The van der Waals surface area contributed by atoms with Crippen molar-refractivity contribution in [2.24, 2.45) is 0 Å². The Morgan fingerprint density at radius 1 is 0.289 bits per heavy atom. The lowest BCUT2D eigenvalue weighted by atomic mass is 9.70. The van der Waals surface area contributed by atoms with Gasteiger partial charge in [-0.15, -0.1) is 11.3 Å². The minimum Gasteiger partial charge on any atom is -0.311 e. The van der Waals surface area contributed by atoms with Crippen molar-refractivity contribution >= 4 is 70.4 Å². The molecule has 2 nitrogen and oxygen atoms in total. The highest BCUT2D eigenvalue weighted by Gasteiger charge is 2.52. The highest BCUT2D eigenvalue weighted by Crippen LogP contribution is 2.65. The van der Waals surface area contributed by atoms with Crippen LogP contribution < -0.4 is 4.90 Å². The third-order valence-electron chi connectivity index (χ3n) is 16.5. The molecule has 0 fully saturated rings. The van der Waals surface area contributed by atoms with Gasteiger partial charge in [0.15, 0.2) is 0 Å². The third-order valence-corrected chi connectivity index (χ3v) is 17.7. The van der Waals surface area contributed by atoms with Crippen molar-refractivity contribution in [2.45, 2.75) is 5.41 Å². The number of rotatable bonds is 7. The van der Waals surface area contributed by atoms with Gasteiger partial charge in [-0.3, -0.25) is 0 Å². The van der Waals surface area contributed by atoms with Crippen molar-refractivity contribution < 1.29 is 0 Å². The molecule has 0 saturated heterocycles. The van der Waals surface area contributed by atoms with Gasteiger partial charge in [-0.25, -0.2) is 0 Å². The van der Waals surface area contributed by atoms with Gasteiger partial charge in [0.05, 0.1) is 16.4 Å². The average molecular weight is 983 g/mol. The summed E-state index contributed by atoms with van der Waals surface area (Å²) in [6.45, 7) is 0. The highest BCUT2D eigenvalue weighted by atomic mass is 32.1. The molecule has 3 heteroatoms. The van der Waals surface area contributed by atoms with Crippen molar-refractivity contribution in [1.29, 1.82) is 0 Å². The second-order valence-corrected chi connectivity index (χ2v) is 21.3. The predicted octanol–water partition coefficient (Wildman–Crippen LogP) is 20.0. The topological polar surface area (TPSA) is 8.17 Å². The van der Waals surface area contributed by atoms with Crippen LogP contribution in [0.5, 0.6) is 0 Å². The average Bonchev–Trinajstić information content (AvgIpc) is 4.42. The lowest BCUT2D eigenvalue weighted by Gasteiger charge is -2.30. The number of benzene rings is 12. The first-order valence-corrected chi connectivity index (χ1v) is 27.1. The van der Waals surface area contributed by atoms with E-state index in [0.717, 1.165) is 22.7 Å². The Morgan fingerprint density at radius 2 is 0.737 bits per heavy atom. The molecule has 0 radical (unpaired) electrons. The SMILES string of the molecule is c1ccc(-c2ccc(N(c3ccc(-c4ccc(-n5c6ccccc6c6ccccc65)cc4)cc3)c3ccc(-c4cccc5c4-c4ccccc4C54c5ccccc5-c5c4ccc4c5sc5ccccc54)cc3)cc2)cc1. The van der Waals surface area contributed by atoms with Crippen molar-refractivity contribution in [3.05, 3.63) is 301 Å². The second-order valence-electron chi connectivity index (χ2n) is 20.3. The summed E-state index contributed by atoms with van der Waals surface area (Å²) >= 11 is 1.93. The molecule has 12 aromatic carbocycles. The van der Waals surface area contributed by atoms with Gasteiger partial charge < -0.3 is 9.47 Å². The third kappa shape index (κ3) is 6.21. The molecule has 0 aliphatic heterocycles. The number of hydrogen-bond acceptors (Lipinski definition) is 2. The van der Waals surface area contributed by atoms with Gasteiger partial charge in [-0.2, -0.15) is 0 Å². The molecule has 76 heavy (non-hydrogen) atoms. The standard InChI is InChI=1S/C73H46N2S/c1-2-15-47(16-3-1)48-29-37-52(38-30-48)74(53-39-31-49(32-40-53)50-33-41-55(42-34-50)75-67-26-11-6-17-57(67)58-18-7-12-27-68(58)75)54-43-35-51(36-44-54)56-22-14-25-65-70(56)61-20-4-9-23-63(61)73(65)64-24-10-5-21-62(64)71-66(73)46-45-60-59-19-8-13-28-69(59)76-72(60)71/h1-46H. The monoisotopic (exact) mass is 982 g/mol. The Kier molecular flexibility index (Phi) is 9.45. The molecule has 1 atom stereocenters. The molecular formula is C73H46N2S. The lowest BCUT2D eigenvalue weighted by molar-refractivity contribution is 0.794. The van der Waals surface area contributed by atoms with Gasteiger partial charge in [0.2, 0.25) is 0 Å². The Labute approximate surface area is 445 Å². The number of thiophene rings is 1. The fourth-order valence-electron chi connectivity index (χ4n) is 13.2. The first-order chi connectivity index (χ1) is 37.7. The zero-order valence-electron chi connectivity index (χ0n) is 41.4. The Hall–Kier alpha value is -9.54. The van der Waals surface area contributed by atoms with E-state index >= 15 is 0 Å². The van der Waals surface area contributed by atoms with Crippen molar-refractivity contribution in [2.75, 3.05) is 4.90 Å². The molecule has 0 bridgehead atoms. The van der Waals surface area contributed by atoms with Crippen LogP contribution in [-0.4, -0.2) is 4.57 Å². The number of para-hydroxylation sites is 2. The molecule has 2 aromatic heterocycles. The zero-order valence-corrected chi connectivity index (χ0v) is 42.2. The van der Waals surface area contributed by atoms with Gasteiger partial charge in [0.25, 0.3) is 0 Å². The summed E-state index contributed by atoms with van der Waals surface area (Å²) in [6.07, 6.45) is 0. The minimum absolute atomic E-state index is 0.443. The summed E-state index contributed by atoms with van der Waals surface area (Å²) in [7, 11) is 0. The molecule has 0 N–H and O–H groups in total. The van der Waals surface area contributed by atoms with Crippen LogP contribution in [0.2, 0.25) is 0 Å². The molecule has 0 saturated carbocycles. The van der Waals surface area contributed by atoms with Gasteiger partial charge in [0.1, 0.15) is 0 Å². The fourth-order valence-corrected chi connectivity index (χ4v) is 14.4. The largest absolute Gasteiger partial charge is 0.311 e. The number of aromatic nitrogens is 1. The van der Waals surface area contributed by atoms with E-state index in [9.17, 15) is 0 Å². The molecule has 1 spiro atoms. The zero-order chi connectivity index (χ0) is 49.9. The van der Waals surface area contributed by atoms with Crippen LogP contribution >= 0.6 is 11.3 Å². The molecule has 2 heterocycles. The first-order valence-electron chi connectivity index (χ1n) is 26.2. The molecule has 354 valence electrons.